The van der Waals surface area contributed by atoms with E-state index >= 15 is 0 Å². The zero-order valence-electron chi connectivity index (χ0n) is 43.2. The van der Waals surface area contributed by atoms with Crippen LogP contribution in [0.4, 0.5) is 27.8 Å². The van der Waals surface area contributed by atoms with Crippen LogP contribution in [-0.4, -0.2) is 143 Å². The van der Waals surface area contributed by atoms with Gasteiger partial charge in [-0.25, -0.2) is 19.7 Å². The van der Waals surface area contributed by atoms with Crippen LogP contribution < -0.4 is 47.9 Å². The Labute approximate surface area is 431 Å². The minimum Gasteiger partial charge on any atom is -0.444 e. The van der Waals surface area contributed by atoms with E-state index in [9.17, 15) is 43.2 Å². The van der Waals surface area contributed by atoms with Gasteiger partial charge in [-0.15, -0.1) is 0 Å². The van der Waals surface area contributed by atoms with Crippen LogP contribution >= 0.6 is 0 Å². The molecule has 0 bridgehead atoms. The van der Waals surface area contributed by atoms with Crippen LogP contribution in [0.25, 0.3) is 0 Å². The lowest BCUT2D eigenvalue weighted by atomic mass is 10.2. The normalized spacial score (nSPS) is 11.0. The van der Waals surface area contributed by atoms with Crippen LogP contribution in [0.3, 0.4) is 0 Å². The molecule has 0 atom stereocenters. The summed E-state index contributed by atoms with van der Waals surface area (Å²) in [6, 6.07) is 2.93. The molecule has 75 heavy (non-hydrogen) atoms. The number of hydrogen-bond acceptors (Lipinski definition) is 14. The molecule has 0 spiro atoms. The monoisotopic (exact) mass is 1040 g/mol. The number of aryl methyl sites for hydroxylation is 5. The predicted molar refractivity (Wildman–Crippen MR) is 272 cm³/mol. The second kappa shape index (κ2) is 26.8. The maximum atomic E-state index is 13.2. The topological polar surface area (TPSA) is 344 Å². The van der Waals surface area contributed by atoms with Gasteiger partial charge in [0, 0.05) is 138 Å². The van der Waals surface area contributed by atoms with E-state index < -0.39 is 53.0 Å². The lowest BCUT2D eigenvalue weighted by Crippen LogP contribution is -2.33. The number of carbonyl (C=O) groups excluding carboxylic acids is 9. The Hall–Kier alpha value is -8.82. The van der Waals surface area contributed by atoms with Crippen LogP contribution in [0.5, 0.6) is 0 Å². The first-order chi connectivity index (χ1) is 35.6. The molecule has 9 amide bonds. The average Bonchev–Trinajstić information content (AvgIpc) is 4.17. The van der Waals surface area contributed by atoms with Gasteiger partial charge in [0.05, 0.1) is 11.4 Å². The fourth-order valence-corrected chi connectivity index (χ4v) is 6.96. The summed E-state index contributed by atoms with van der Waals surface area (Å²) in [5, 5.41) is 24.0. The van der Waals surface area contributed by atoms with Gasteiger partial charge in [-0.3, -0.25) is 38.4 Å². The molecule has 0 radical (unpaired) electrons. The molecule has 0 aliphatic carbocycles. The van der Waals surface area contributed by atoms with E-state index in [1.165, 1.54) is 55.2 Å². The molecule has 5 aromatic heterocycles. The van der Waals surface area contributed by atoms with E-state index in [4.69, 9.17) is 9.47 Å². The first-order valence-electron chi connectivity index (χ1n) is 23.8. The van der Waals surface area contributed by atoms with Gasteiger partial charge < -0.3 is 80.2 Å². The maximum Gasteiger partial charge on any atom is 0.407 e. The molecule has 0 saturated carbocycles. The molecule has 0 aliphatic heterocycles. The molecule has 0 saturated heterocycles. The second-order valence-corrected chi connectivity index (χ2v) is 18.1. The summed E-state index contributed by atoms with van der Waals surface area (Å²) in [4.78, 5) is 126. The van der Waals surface area contributed by atoms with Gasteiger partial charge in [0.15, 0.2) is 17.5 Å². The largest absolute Gasteiger partial charge is 0.444 e. The van der Waals surface area contributed by atoms with Crippen molar-refractivity contribution < 1.29 is 52.6 Å². The molecule has 0 aliphatic rings. The molecule has 0 fully saturated rings. The van der Waals surface area contributed by atoms with Crippen molar-refractivity contribution in [3.8, 4) is 0 Å². The molecule has 404 valence electrons. The van der Waals surface area contributed by atoms with Crippen molar-refractivity contribution in [2.24, 2.45) is 35.2 Å². The lowest BCUT2D eigenvalue weighted by Gasteiger charge is -2.19. The van der Waals surface area contributed by atoms with Crippen LogP contribution in [0.15, 0.2) is 49.3 Å². The SMILES string of the molecule is Cn1cc(NC(=O)c2nc(NC(=O)CCNC(=O)c3cc(NC(=O)c4nccn4C)cn3C)cn2C)cc1C(=O)NCCC(=O)Nc1cn(C)c(C(=O)NCCC(=O)NCCCOCCCNC(=O)OC(C)(C)C)n1. The summed E-state index contributed by atoms with van der Waals surface area (Å²) in [6.07, 6.45) is 9.59. The Balaban J connectivity index is 0.949. The highest BCUT2D eigenvalue weighted by atomic mass is 16.6. The summed E-state index contributed by atoms with van der Waals surface area (Å²) < 4.78 is 18.1. The third-order valence-electron chi connectivity index (χ3n) is 10.5. The van der Waals surface area contributed by atoms with Crippen molar-refractivity contribution in [1.82, 2.24) is 64.4 Å². The van der Waals surface area contributed by atoms with Crippen LogP contribution in [-0.2, 0) is 59.1 Å². The number of aromatic nitrogens is 8. The van der Waals surface area contributed by atoms with Gasteiger partial charge in [-0.05, 0) is 45.7 Å². The Morgan fingerprint density at radius 3 is 1.43 bits per heavy atom. The first kappa shape index (κ1) is 57.1. The number of nitrogens with zero attached hydrogens (tertiary/aromatic N) is 8. The number of rotatable bonds is 26. The van der Waals surface area contributed by atoms with E-state index in [1.54, 1.807) is 73.0 Å². The Bertz CT molecular complexity index is 2860. The van der Waals surface area contributed by atoms with Gasteiger partial charge >= 0.3 is 6.09 Å². The van der Waals surface area contributed by atoms with Crippen LogP contribution in [0.1, 0.15) is 106 Å². The highest BCUT2D eigenvalue weighted by Crippen LogP contribution is 2.17. The Kier molecular flexibility index (Phi) is 20.4. The molecule has 28 nitrogen and oxygen atoms in total. The highest BCUT2D eigenvalue weighted by Gasteiger charge is 2.21. The quantitative estimate of drug-likeness (QED) is 0.0351. The fourth-order valence-electron chi connectivity index (χ4n) is 6.96. The number of anilines is 4. The Morgan fingerprint density at radius 2 is 0.947 bits per heavy atom. The zero-order chi connectivity index (χ0) is 54.8. The number of ether oxygens (including phenoxy) is 2. The van der Waals surface area contributed by atoms with Crippen molar-refractivity contribution in [2.75, 3.05) is 67.2 Å². The van der Waals surface area contributed by atoms with Gasteiger partial charge in [-0.2, -0.15) is 0 Å². The number of imidazole rings is 3. The zero-order valence-corrected chi connectivity index (χ0v) is 43.2. The Morgan fingerprint density at radius 1 is 0.493 bits per heavy atom. The lowest BCUT2D eigenvalue weighted by molar-refractivity contribution is -0.121. The van der Waals surface area contributed by atoms with Crippen molar-refractivity contribution >= 4 is 76.4 Å². The van der Waals surface area contributed by atoms with E-state index in [1.807, 2.05) is 0 Å². The standard InChI is InChI=1S/C47H65N17O11/c1-47(2,3)75-46(73)53-15-10-22-74-21-9-14-48-35(65)11-16-52-43(70)39-58-33(27-63(39)7)56-36(66)12-17-51-42(69)32-24-30(26-62(32)6)55-45(72)40-59-34(28-64(40)8)57-37(67)13-18-50-41(68)31-23-29(25-61(31)5)54-44(71)38-49-19-20-60(38)4/h19-20,23-28H,9-18,21-22H2,1-8H3,(H,48,65)(H,50,68)(H,51,69)(H,52,70)(H,53,73)(H,54,71)(H,55,72)(H,56,66)(H,57,67). The molecular weight excluding hydrogens is 979 g/mol. The molecule has 5 rings (SSSR count). The van der Waals surface area contributed by atoms with E-state index in [2.05, 4.69) is 62.8 Å². The van der Waals surface area contributed by atoms with Gasteiger partial charge in [0.1, 0.15) is 17.0 Å². The van der Waals surface area contributed by atoms with Crippen molar-refractivity contribution in [2.45, 2.75) is 58.5 Å². The van der Waals surface area contributed by atoms with Crippen molar-refractivity contribution in [3.63, 3.8) is 0 Å². The minimum atomic E-state index is -0.634. The van der Waals surface area contributed by atoms with E-state index in [0.717, 1.165) is 0 Å². The third kappa shape index (κ3) is 18.0. The molecule has 5 aromatic rings. The average molecular weight is 1040 g/mol. The van der Waals surface area contributed by atoms with Gasteiger partial charge in [0.25, 0.3) is 29.5 Å². The van der Waals surface area contributed by atoms with Gasteiger partial charge in [-0.1, -0.05) is 0 Å². The summed E-state index contributed by atoms with van der Waals surface area (Å²) in [7, 11) is 8.05. The summed E-state index contributed by atoms with van der Waals surface area (Å²) in [6.45, 7) is 6.99. The smallest absolute Gasteiger partial charge is 0.407 e. The summed E-state index contributed by atoms with van der Waals surface area (Å²) in [5.41, 5.74) is 0.512. The third-order valence-corrected chi connectivity index (χ3v) is 10.5. The van der Waals surface area contributed by atoms with E-state index in [0.29, 0.717) is 44.8 Å². The van der Waals surface area contributed by atoms with Gasteiger partial charge in [0.2, 0.25) is 29.4 Å². The molecular formula is C47H65N17O11. The van der Waals surface area contributed by atoms with Crippen molar-refractivity contribution in [3.05, 3.63) is 78.2 Å². The van der Waals surface area contributed by atoms with Crippen LogP contribution in [0.2, 0.25) is 0 Å². The second-order valence-electron chi connectivity index (χ2n) is 18.1. The number of carbonyl (C=O) groups is 9. The summed E-state index contributed by atoms with van der Waals surface area (Å²) >= 11 is 0. The number of amides is 9. The summed E-state index contributed by atoms with van der Waals surface area (Å²) in [5.74, 6) is -3.51. The minimum absolute atomic E-state index is 0.00149. The molecule has 0 unspecified atom stereocenters. The molecule has 5 heterocycles. The van der Waals surface area contributed by atoms with Crippen LogP contribution in [0, 0.1) is 0 Å². The number of hydrogen-bond donors (Lipinski definition) is 9. The highest BCUT2D eigenvalue weighted by molar-refractivity contribution is 6.04. The molecule has 9 N–H and O–H groups in total. The number of alkyl carbamates (subject to hydrolysis) is 1. The molecule has 28 heteroatoms. The maximum absolute atomic E-state index is 13.2. The first-order valence-corrected chi connectivity index (χ1v) is 23.8. The molecule has 0 aromatic carbocycles. The fraction of sp³-hybridized carbons (Fsp3) is 0.447. The number of nitrogens with one attached hydrogen (secondary N) is 9. The van der Waals surface area contributed by atoms with E-state index in [-0.39, 0.29) is 91.0 Å². The van der Waals surface area contributed by atoms with Crippen molar-refractivity contribution in [1.29, 1.82) is 0 Å². The predicted octanol–water partition coefficient (Wildman–Crippen LogP) is 1.14.